The van der Waals surface area contributed by atoms with E-state index in [9.17, 15) is 0 Å². The zero-order chi connectivity index (χ0) is 31.3. The molecule has 8 saturated carbocycles. The zero-order valence-electron chi connectivity index (χ0n) is 29.3. The Balaban J connectivity index is 1.18. The molecule has 7 heteroatoms. The number of nitrogens with one attached hydrogen (secondary N) is 4. The molecule has 11 rings (SSSR count). The van der Waals surface area contributed by atoms with Gasteiger partial charge in [0.2, 0.25) is 0 Å². The van der Waals surface area contributed by atoms with Gasteiger partial charge >= 0.3 is 0 Å². The lowest BCUT2D eigenvalue weighted by atomic mass is 9.55. The van der Waals surface area contributed by atoms with Crippen molar-refractivity contribution in [2.75, 3.05) is 26.2 Å². The van der Waals surface area contributed by atoms with Crippen LogP contribution in [0, 0.1) is 35.5 Å². The van der Waals surface area contributed by atoms with Crippen molar-refractivity contribution in [3.8, 4) is 0 Å². The van der Waals surface area contributed by atoms with E-state index in [1.54, 1.807) is 93.4 Å². The number of hydrogen-bond donors (Lipinski definition) is 4. The standard InChI is InChI=1S/C39H64N4P2Si/c1-46(2,3)33-7-6-32(34(18-33)39(44,35-40-8-4-9-41-35)36-42-10-5-11-43-36)25-45(37-19-26-12-27(20-37)14-28(13-26)21-37)38-22-29-15-30(23-38)17-31(16-29)24-38/h6-7,18,26-31,35-36,40-43H,4-5,8-17,19-25,44H2,1-3H3. The van der Waals surface area contributed by atoms with E-state index in [-0.39, 0.29) is 25.4 Å². The molecule has 1 aromatic rings. The minimum absolute atomic E-state index is 0.101. The second kappa shape index (κ2) is 11.9. The van der Waals surface area contributed by atoms with Gasteiger partial charge in [-0.25, -0.2) is 0 Å². The minimum atomic E-state index is -1.51. The van der Waals surface area contributed by atoms with Crippen molar-refractivity contribution in [1.82, 2.24) is 21.3 Å². The summed E-state index contributed by atoms with van der Waals surface area (Å²) in [6.45, 7) is 12.1. The Hall–Kier alpha value is 0.137. The molecule has 2 heterocycles. The Bertz CT molecular complexity index is 1160. The summed E-state index contributed by atoms with van der Waals surface area (Å²) in [5.41, 5.74) is 3.39. The van der Waals surface area contributed by atoms with Crippen LogP contribution in [0.2, 0.25) is 19.6 Å². The highest BCUT2D eigenvalue weighted by atomic mass is 31.1. The van der Waals surface area contributed by atoms with Crippen LogP contribution in [0.25, 0.3) is 0 Å². The molecule has 4 N–H and O–H groups in total. The van der Waals surface area contributed by atoms with E-state index in [4.69, 9.17) is 0 Å². The van der Waals surface area contributed by atoms with E-state index in [0.717, 1.165) is 61.7 Å². The van der Waals surface area contributed by atoms with Crippen LogP contribution in [0.15, 0.2) is 18.2 Å². The van der Waals surface area contributed by atoms with Crippen LogP contribution in [-0.2, 0) is 11.3 Å². The first-order valence-corrected chi connectivity index (χ1v) is 25.4. The van der Waals surface area contributed by atoms with Crippen LogP contribution in [-0.4, -0.2) is 56.9 Å². The van der Waals surface area contributed by atoms with Crippen LogP contribution in [0.5, 0.6) is 0 Å². The van der Waals surface area contributed by atoms with E-state index in [0.29, 0.717) is 10.3 Å². The van der Waals surface area contributed by atoms with Crippen molar-refractivity contribution in [2.24, 2.45) is 35.5 Å². The van der Waals surface area contributed by atoms with Gasteiger partial charge in [0.1, 0.15) is 0 Å². The lowest BCUT2D eigenvalue weighted by Gasteiger charge is -2.67. The summed E-state index contributed by atoms with van der Waals surface area (Å²) in [5, 5.41) is 18.9. The second-order valence-electron chi connectivity index (χ2n) is 19.3. The Kier molecular flexibility index (Phi) is 8.26. The predicted molar refractivity (Wildman–Crippen MR) is 202 cm³/mol. The third-order valence-corrected chi connectivity index (χ3v) is 22.0. The van der Waals surface area contributed by atoms with Gasteiger partial charge in [-0.2, -0.15) is 0 Å². The van der Waals surface area contributed by atoms with E-state index < -0.39 is 8.07 Å². The molecule has 8 aliphatic carbocycles. The number of hydrogen-bond acceptors (Lipinski definition) is 4. The van der Waals surface area contributed by atoms with Gasteiger partial charge in [0.25, 0.3) is 0 Å². The maximum absolute atomic E-state index is 4.02. The number of benzene rings is 1. The van der Waals surface area contributed by atoms with E-state index in [1.165, 1.54) is 19.0 Å². The Labute approximate surface area is 285 Å². The van der Waals surface area contributed by atoms with E-state index in [1.807, 2.05) is 0 Å². The molecule has 8 bridgehead atoms. The van der Waals surface area contributed by atoms with Crippen molar-refractivity contribution in [2.45, 2.75) is 143 Å². The summed E-state index contributed by atoms with van der Waals surface area (Å²) >= 11 is 0. The van der Waals surface area contributed by atoms with Gasteiger partial charge < -0.3 is 21.3 Å². The largest absolute Gasteiger partial charge is 0.301 e. The molecule has 0 spiro atoms. The summed E-state index contributed by atoms with van der Waals surface area (Å²) in [7, 11) is 1.92. The van der Waals surface area contributed by atoms with Gasteiger partial charge in [-0.1, -0.05) is 50.9 Å². The average molecular weight is 679 g/mol. The molecule has 2 saturated heterocycles. The summed E-state index contributed by atoms with van der Waals surface area (Å²) in [5.74, 6) is 6.28. The second-order valence-corrected chi connectivity index (χ2v) is 28.4. The molecule has 1 unspecified atom stereocenters. The van der Waals surface area contributed by atoms with Crippen molar-refractivity contribution < 1.29 is 0 Å². The van der Waals surface area contributed by atoms with E-state index >= 15 is 0 Å². The molecule has 0 aromatic heterocycles. The maximum Gasteiger partial charge on any atom is 0.0776 e. The highest BCUT2D eigenvalue weighted by molar-refractivity contribution is 7.60. The highest BCUT2D eigenvalue weighted by Crippen LogP contribution is 2.79. The summed E-state index contributed by atoms with van der Waals surface area (Å²) in [6.07, 6.45) is 23.3. The van der Waals surface area contributed by atoms with Gasteiger partial charge in [0.15, 0.2) is 0 Å². The first kappa shape index (κ1) is 32.1. The average Bonchev–Trinajstić information content (AvgIpc) is 3.02. The monoisotopic (exact) mass is 678 g/mol. The summed E-state index contributed by atoms with van der Waals surface area (Å²) in [6, 6.07) is 8.09. The first-order valence-electron chi connectivity index (χ1n) is 19.8. The molecular formula is C39H64N4P2Si. The van der Waals surface area contributed by atoms with Gasteiger partial charge in [0, 0.05) is 0 Å². The van der Waals surface area contributed by atoms with Crippen LogP contribution < -0.4 is 26.5 Å². The summed E-state index contributed by atoms with van der Waals surface area (Å²) < 4.78 is 0. The molecule has 4 nitrogen and oxygen atoms in total. The molecule has 1 aromatic carbocycles. The quantitative estimate of drug-likeness (QED) is 0.176. The molecule has 0 radical (unpaired) electrons. The lowest BCUT2D eigenvalue weighted by molar-refractivity contribution is 0.0184. The van der Waals surface area contributed by atoms with Gasteiger partial charge in [0.05, 0.1) is 25.6 Å². The Morgan fingerprint density at radius 2 is 1.07 bits per heavy atom. The molecular weight excluding hydrogens is 614 g/mol. The third-order valence-electron chi connectivity index (χ3n) is 15.0. The fourth-order valence-electron chi connectivity index (χ4n) is 13.8. The molecule has 1 atom stereocenters. The van der Waals surface area contributed by atoms with Crippen LogP contribution >= 0.6 is 17.2 Å². The highest BCUT2D eigenvalue weighted by Gasteiger charge is 2.62. The molecule has 2 aliphatic heterocycles. The number of rotatable bonds is 8. The van der Waals surface area contributed by atoms with Gasteiger partial charge in [-0.15, -0.1) is 9.24 Å². The van der Waals surface area contributed by atoms with Gasteiger partial charge in [-0.05, 0) is 179 Å². The van der Waals surface area contributed by atoms with E-state index in [2.05, 4.69) is 68.3 Å². The smallest absolute Gasteiger partial charge is 0.0776 e. The summed E-state index contributed by atoms with van der Waals surface area (Å²) in [4.78, 5) is 0. The molecule has 0 amide bonds. The first-order chi connectivity index (χ1) is 22.1. The van der Waals surface area contributed by atoms with Crippen LogP contribution in [0.1, 0.15) is 101 Å². The van der Waals surface area contributed by atoms with Crippen LogP contribution in [0.4, 0.5) is 0 Å². The minimum Gasteiger partial charge on any atom is -0.301 e. The molecule has 254 valence electrons. The van der Waals surface area contributed by atoms with Crippen molar-refractivity contribution in [3.05, 3.63) is 29.3 Å². The zero-order valence-corrected chi connectivity index (χ0v) is 32.4. The lowest BCUT2D eigenvalue weighted by Crippen LogP contribution is -2.69. The Morgan fingerprint density at radius 1 is 0.674 bits per heavy atom. The molecule has 10 fully saturated rings. The predicted octanol–water partition coefficient (Wildman–Crippen LogP) is 7.04. The van der Waals surface area contributed by atoms with Gasteiger partial charge in [-0.3, -0.25) is 0 Å². The van der Waals surface area contributed by atoms with Crippen molar-refractivity contribution in [1.29, 1.82) is 0 Å². The van der Waals surface area contributed by atoms with Crippen molar-refractivity contribution in [3.63, 3.8) is 0 Å². The topological polar surface area (TPSA) is 48.1 Å². The Morgan fingerprint density at radius 3 is 1.43 bits per heavy atom. The fourth-order valence-corrected chi connectivity index (χ4v) is 20.9. The van der Waals surface area contributed by atoms with Crippen molar-refractivity contribution >= 4 is 30.4 Å². The third kappa shape index (κ3) is 5.42. The fraction of sp³-hybridized carbons (Fsp3) is 0.846. The normalized spacial score (nSPS) is 41.7. The maximum atomic E-state index is 4.02. The molecule has 10 aliphatic rings. The SMILES string of the molecule is C[Si](C)(C)c1ccc(CP(C23CC4CC(CC(C4)C2)C3)C23CC4CC(CC(C4)C2)C3)c(C(P)(C2NCCCN2)C2NCCCN2)c1. The molecule has 46 heavy (non-hydrogen) atoms. The van der Waals surface area contributed by atoms with Crippen LogP contribution in [0.3, 0.4) is 0 Å².